The van der Waals surface area contributed by atoms with Crippen LogP contribution in [0.1, 0.15) is 26.2 Å². The first kappa shape index (κ1) is 13.4. The van der Waals surface area contributed by atoms with Crippen LogP contribution in [0.4, 0.5) is 0 Å². The second kappa shape index (κ2) is 3.72. The standard InChI is InChI=1S/C13H18N2O5/c1-5(14)9(16)15-13(11(19)20)4-12(2-3-12)7-6(8(7)13)10(17)18/h5-8H,2-4,14H2,1H3,(H,15,16)(H,17,18)(H,19,20)/t5-,6-,7?,8?,13?/m0/s1. The topological polar surface area (TPSA) is 130 Å². The lowest BCUT2D eigenvalue weighted by molar-refractivity contribution is -0.150. The molecule has 110 valence electrons. The number of nitrogens with one attached hydrogen (secondary N) is 1. The van der Waals surface area contributed by atoms with E-state index in [0.717, 1.165) is 12.8 Å². The molecule has 0 aliphatic heterocycles. The highest BCUT2D eigenvalue weighted by atomic mass is 16.4. The average molecular weight is 282 g/mol. The van der Waals surface area contributed by atoms with Gasteiger partial charge in [-0.25, -0.2) is 4.79 Å². The number of carbonyl (C=O) groups excluding carboxylic acids is 1. The zero-order valence-corrected chi connectivity index (χ0v) is 11.1. The molecule has 3 aliphatic rings. The van der Waals surface area contributed by atoms with Crippen LogP contribution in [0, 0.1) is 23.2 Å². The quantitative estimate of drug-likeness (QED) is 0.545. The highest BCUT2D eigenvalue weighted by Gasteiger charge is 2.82. The summed E-state index contributed by atoms with van der Waals surface area (Å²) in [5.74, 6) is -3.94. The van der Waals surface area contributed by atoms with E-state index in [1.54, 1.807) is 0 Å². The Kier molecular flexibility index (Phi) is 2.48. The molecule has 0 saturated heterocycles. The predicted molar refractivity (Wildman–Crippen MR) is 66.5 cm³/mol. The van der Waals surface area contributed by atoms with E-state index in [9.17, 15) is 24.6 Å². The van der Waals surface area contributed by atoms with E-state index in [4.69, 9.17) is 5.73 Å². The van der Waals surface area contributed by atoms with Gasteiger partial charge >= 0.3 is 11.9 Å². The zero-order chi connectivity index (χ0) is 14.9. The highest BCUT2D eigenvalue weighted by Crippen LogP contribution is 2.78. The number of carbonyl (C=O) groups is 3. The van der Waals surface area contributed by atoms with E-state index in [1.807, 2.05) is 0 Å². The maximum atomic E-state index is 11.8. The van der Waals surface area contributed by atoms with E-state index >= 15 is 0 Å². The van der Waals surface area contributed by atoms with Crippen LogP contribution in [0.25, 0.3) is 0 Å². The Hall–Kier alpha value is -1.63. The number of carboxylic acids is 2. The Morgan fingerprint density at radius 3 is 2.25 bits per heavy atom. The first-order valence-corrected chi connectivity index (χ1v) is 6.79. The lowest BCUT2D eigenvalue weighted by atomic mass is 9.84. The Morgan fingerprint density at radius 1 is 1.25 bits per heavy atom. The number of aliphatic carboxylic acids is 2. The maximum Gasteiger partial charge on any atom is 0.329 e. The summed E-state index contributed by atoms with van der Waals surface area (Å²) >= 11 is 0. The molecular weight excluding hydrogens is 264 g/mol. The second-order valence-corrected chi connectivity index (χ2v) is 6.51. The fourth-order valence-corrected chi connectivity index (χ4v) is 4.19. The number of hydrogen-bond donors (Lipinski definition) is 4. The minimum Gasteiger partial charge on any atom is -0.481 e. The first-order chi connectivity index (χ1) is 9.25. The third kappa shape index (κ3) is 1.52. The minimum absolute atomic E-state index is 0.121. The van der Waals surface area contributed by atoms with Gasteiger partial charge in [-0.2, -0.15) is 0 Å². The van der Waals surface area contributed by atoms with Gasteiger partial charge in [-0.05, 0) is 37.5 Å². The van der Waals surface area contributed by atoms with Crippen molar-refractivity contribution in [1.29, 1.82) is 0 Å². The van der Waals surface area contributed by atoms with Gasteiger partial charge in [0.25, 0.3) is 0 Å². The number of amides is 1. The molecule has 1 amide bonds. The summed E-state index contributed by atoms with van der Waals surface area (Å²) in [6.45, 7) is 1.48. The molecule has 0 radical (unpaired) electrons. The smallest absolute Gasteiger partial charge is 0.329 e. The van der Waals surface area contributed by atoms with Gasteiger partial charge in [-0.3, -0.25) is 9.59 Å². The molecule has 3 aliphatic carbocycles. The summed E-state index contributed by atoms with van der Waals surface area (Å²) in [6.07, 6.45) is 2.02. The third-order valence-corrected chi connectivity index (χ3v) is 5.25. The Balaban J connectivity index is 1.94. The van der Waals surface area contributed by atoms with Crippen molar-refractivity contribution in [2.45, 2.75) is 37.8 Å². The van der Waals surface area contributed by atoms with Crippen molar-refractivity contribution >= 4 is 17.8 Å². The van der Waals surface area contributed by atoms with Gasteiger partial charge < -0.3 is 21.3 Å². The van der Waals surface area contributed by atoms with Crippen LogP contribution in [0.15, 0.2) is 0 Å². The van der Waals surface area contributed by atoms with Crippen LogP contribution < -0.4 is 11.1 Å². The molecule has 7 heteroatoms. The van der Waals surface area contributed by atoms with Gasteiger partial charge in [0.2, 0.25) is 5.91 Å². The summed E-state index contributed by atoms with van der Waals surface area (Å²) in [6, 6.07) is -0.817. The fourth-order valence-electron chi connectivity index (χ4n) is 4.19. The van der Waals surface area contributed by atoms with E-state index in [1.165, 1.54) is 6.92 Å². The lowest BCUT2D eigenvalue weighted by Crippen LogP contribution is -2.59. The van der Waals surface area contributed by atoms with E-state index < -0.39 is 41.3 Å². The molecule has 0 aromatic heterocycles. The summed E-state index contributed by atoms with van der Waals surface area (Å²) < 4.78 is 0. The first-order valence-electron chi connectivity index (χ1n) is 6.79. The van der Waals surface area contributed by atoms with Crippen LogP contribution in [0.5, 0.6) is 0 Å². The molecule has 0 aromatic rings. The molecule has 0 heterocycles. The molecule has 3 saturated carbocycles. The normalized spacial score (nSPS) is 40.8. The molecular formula is C13H18N2O5. The molecule has 5 atom stereocenters. The Labute approximate surface area is 115 Å². The maximum absolute atomic E-state index is 11.8. The van der Waals surface area contributed by atoms with Crippen molar-refractivity contribution in [2.75, 3.05) is 0 Å². The highest BCUT2D eigenvalue weighted by molar-refractivity contribution is 5.92. The number of carboxylic acid groups (broad SMARTS) is 2. The summed E-state index contributed by atoms with van der Waals surface area (Å²) in [5.41, 5.74) is 3.83. The monoisotopic (exact) mass is 282 g/mol. The minimum atomic E-state index is -1.46. The largest absolute Gasteiger partial charge is 0.481 e. The van der Waals surface area contributed by atoms with Gasteiger partial charge in [-0.15, -0.1) is 0 Å². The molecule has 3 unspecified atom stereocenters. The third-order valence-electron chi connectivity index (χ3n) is 5.25. The average Bonchev–Trinajstić information content (AvgIpc) is 3.17. The number of rotatable bonds is 4. The van der Waals surface area contributed by atoms with Crippen molar-refractivity contribution in [2.24, 2.45) is 28.9 Å². The van der Waals surface area contributed by atoms with Crippen LogP contribution in [0.3, 0.4) is 0 Å². The number of hydrogen-bond acceptors (Lipinski definition) is 4. The van der Waals surface area contributed by atoms with Crippen molar-refractivity contribution in [3.05, 3.63) is 0 Å². The van der Waals surface area contributed by atoms with E-state index in [-0.39, 0.29) is 11.3 Å². The molecule has 1 spiro atoms. The SMILES string of the molecule is C[C@H](N)C(=O)NC1(C(=O)O)CC2(CC2)C2C1[C@H]2C(=O)O. The molecule has 20 heavy (non-hydrogen) atoms. The molecule has 3 fully saturated rings. The van der Waals surface area contributed by atoms with Gasteiger partial charge in [0, 0.05) is 5.92 Å². The van der Waals surface area contributed by atoms with Crippen LogP contribution in [-0.4, -0.2) is 39.6 Å². The van der Waals surface area contributed by atoms with Crippen molar-refractivity contribution < 1.29 is 24.6 Å². The molecule has 0 aromatic carbocycles. The Morgan fingerprint density at radius 2 is 1.85 bits per heavy atom. The predicted octanol–water partition coefficient (Wildman–Crippen LogP) is -0.596. The Bertz CT molecular complexity index is 513. The molecule has 3 rings (SSSR count). The van der Waals surface area contributed by atoms with Crippen molar-refractivity contribution in [3.8, 4) is 0 Å². The second-order valence-electron chi connectivity index (χ2n) is 6.51. The van der Waals surface area contributed by atoms with E-state index in [0.29, 0.717) is 6.42 Å². The van der Waals surface area contributed by atoms with Gasteiger partial charge in [0.1, 0.15) is 5.54 Å². The number of fused-ring (bicyclic) bond motifs is 2. The van der Waals surface area contributed by atoms with Gasteiger partial charge in [0.15, 0.2) is 0 Å². The lowest BCUT2D eigenvalue weighted by Gasteiger charge is -2.31. The summed E-state index contributed by atoms with van der Waals surface area (Å²) in [5, 5.41) is 21.4. The molecule has 0 bridgehead atoms. The van der Waals surface area contributed by atoms with Crippen LogP contribution in [-0.2, 0) is 14.4 Å². The molecule has 7 nitrogen and oxygen atoms in total. The van der Waals surface area contributed by atoms with Crippen molar-refractivity contribution in [1.82, 2.24) is 5.32 Å². The van der Waals surface area contributed by atoms with Crippen LogP contribution in [0.2, 0.25) is 0 Å². The summed E-state index contributed by atoms with van der Waals surface area (Å²) in [7, 11) is 0. The zero-order valence-electron chi connectivity index (χ0n) is 11.1. The van der Waals surface area contributed by atoms with Crippen molar-refractivity contribution in [3.63, 3.8) is 0 Å². The summed E-state index contributed by atoms with van der Waals surface area (Å²) in [4.78, 5) is 34.9. The van der Waals surface area contributed by atoms with E-state index in [2.05, 4.69) is 5.32 Å². The van der Waals surface area contributed by atoms with Crippen LogP contribution >= 0.6 is 0 Å². The molecule has 5 N–H and O–H groups in total. The van der Waals surface area contributed by atoms with Gasteiger partial charge in [0.05, 0.1) is 12.0 Å². The van der Waals surface area contributed by atoms with Gasteiger partial charge in [-0.1, -0.05) is 0 Å². The fraction of sp³-hybridized carbons (Fsp3) is 0.769. The number of nitrogens with two attached hydrogens (primary N) is 1.